The van der Waals surface area contributed by atoms with Gasteiger partial charge in [-0.2, -0.15) is 0 Å². The van der Waals surface area contributed by atoms with Crippen LogP contribution < -0.4 is 0 Å². The van der Waals surface area contributed by atoms with Gasteiger partial charge in [-0.15, -0.1) is 0 Å². The van der Waals surface area contributed by atoms with Crippen molar-refractivity contribution >= 4 is 21.3 Å². The summed E-state index contributed by atoms with van der Waals surface area (Å²) in [6, 6.07) is 3.44. The highest BCUT2D eigenvalue weighted by atomic mass is 35.5. The van der Waals surface area contributed by atoms with Crippen molar-refractivity contribution < 1.29 is 9.24 Å². The van der Waals surface area contributed by atoms with E-state index in [2.05, 4.69) is 9.46 Å². The molecule has 0 aliphatic carbocycles. The number of halogens is 1. The summed E-state index contributed by atoms with van der Waals surface area (Å²) >= 11 is 5.68. The molecule has 0 aromatic carbocycles. The Morgan fingerprint density at radius 3 is 2.89 bits per heavy atom. The molecule has 0 amide bonds. The highest BCUT2D eigenvalue weighted by molar-refractivity contribution is 7.94. The van der Waals surface area contributed by atoms with Crippen LogP contribution in [0.2, 0.25) is 5.15 Å². The smallest absolute Gasteiger partial charge is 0.199 e. The normalized spacial score (nSPS) is 25.6. The predicted octanol–water partition coefficient (Wildman–Crippen LogP) is 2.74. The average Bonchev–Trinajstić information content (AvgIpc) is 2.62. The van der Waals surface area contributed by atoms with Crippen LogP contribution in [-0.4, -0.2) is 25.2 Å². The fraction of sp³-hybridized carbons (Fsp3) is 0.545. The molecular formula is C11H16ClN3O3S. The molecule has 1 aromatic rings. The highest BCUT2D eigenvalue weighted by Crippen LogP contribution is 2.26. The van der Waals surface area contributed by atoms with Crippen LogP contribution in [0.3, 0.4) is 0 Å². The van der Waals surface area contributed by atoms with Gasteiger partial charge >= 0.3 is 0 Å². The van der Waals surface area contributed by atoms with E-state index in [0.717, 1.165) is 5.56 Å². The fourth-order valence-electron chi connectivity index (χ4n) is 2.11. The molecule has 0 N–H and O–H groups in total. The number of aromatic nitrogens is 1. The van der Waals surface area contributed by atoms with Gasteiger partial charge in [-0.25, -0.2) is 19.3 Å². The number of rotatable bonds is 3. The monoisotopic (exact) mass is 305 g/mol. The summed E-state index contributed by atoms with van der Waals surface area (Å²) in [6.45, 7) is 0. The van der Waals surface area contributed by atoms with Crippen LogP contribution in [0.1, 0.15) is 25.8 Å². The Hall–Kier alpha value is -1.21. The molecule has 1 aliphatic heterocycles. The zero-order valence-corrected chi connectivity index (χ0v) is 11.1. The van der Waals surface area contributed by atoms with Gasteiger partial charge in [-0.1, -0.05) is 25.1 Å². The zero-order valence-electron chi connectivity index (χ0n) is 9.49. The standard InChI is InChI=1S/C10H12ClN3O3S.CH4/c11-10-4-3-8(7-12-10)6-9-2-1-5-18(9,17)13-14(15)16;/h3-4,7,9H,1-2,5-6H2;1H4/t9?,18-;/m1./s1. The Kier molecular flexibility index (Phi) is 5.25. The second-order valence-electron chi connectivity index (χ2n) is 4.17. The molecule has 0 bridgehead atoms. The first kappa shape index (κ1) is 15.8. The van der Waals surface area contributed by atoms with Crippen molar-refractivity contribution in [1.29, 1.82) is 0 Å². The molecule has 1 aliphatic rings. The van der Waals surface area contributed by atoms with E-state index in [1.54, 1.807) is 18.3 Å². The largest absolute Gasteiger partial charge is 0.244 e. The Labute approximate surface area is 117 Å². The van der Waals surface area contributed by atoms with E-state index < -0.39 is 14.8 Å². The molecule has 19 heavy (non-hydrogen) atoms. The van der Waals surface area contributed by atoms with E-state index in [1.807, 2.05) is 0 Å². The van der Waals surface area contributed by atoms with Crippen LogP contribution in [0.15, 0.2) is 22.8 Å². The average molecular weight is 306 g/mol. The lowest BCUT2D eigenvalue weighted by molar-refractivity contribution is -0.482. The molecule has 2 heterocycles. The van der Waals surface area contributed by atoms with Gasteiger partial charge in [0.2, 0.25) is 0 Å². The SMILES string of the molecule is C.O=[N+]([O-])N=[S@@]1(=O)CCCC1Cc1ccc(Cl)nc1. The van der Waals surface area contributed by atoms with Crippen LogP contribution in [0.5, 0.6) is 0 Å². The van der Waals surface area contributed by atoms with Crippen molar-refractivity contribution in [3.63, 3.8) is 0 Å². The quantitative estimate of drug-likeness (QED) is 0.488. The predicted molar refractivity (Wildman–Crippen MR) is 75.1 cm³/mol. The third-order valence-electron chi connectivity index (χ3n) is 2.94. The molecule has 2 rings (SSSR count). The molecule has 2 atom stereocenters. The number of pyridine rings is 1. The maximum absolute atomic E-state index is 12.3. The maximum atomic E-state index is 12.3. The minimum Gasteiger partial charge on any atom is -0.244 e. The molecule has 106 valence electrons. The van der Waals surface area contributed by atoms with Crippen molar-refractivity contribution in [3.05, 3.63) is 39.2 Å². The molecule has 1 fully saturated rings. The Bertz CT molecular complexity index is 567. The third-order valence-corrected chi connectivity index (χ3v) is 5.89. The van der Waals surface area contributed by atoms with Gasteiger partial charge in [-0.05, 0) is 30.9 Å². The van der Waals surface area contributed by atoms with Crippen molar-refractivity contribution in [3.8, 4) is 0 Å². The first-order valence-electron chi connectivity index (χ1n) is 5.48. The number of hydrogen-bond acceptors (Lipinski definition) is 4. The lowest BCUT2D eigenvalue weighted by Crippen LogP contribution is -2.20. The molecular weight excluding hydrogens is 290 g/mol. The Morgan fingerprint density at radius 2 is 2.32 bits per heavy atom. The number of hydrogen-bond donors (Lipinski definition) is 0. The van der Waals surface area contributed by atoms with Gasteiger partial charge in [-0.3, -0.25) is 0 Å². The molecule has 1 saturated heterocycles. The Balaban J connectivity index is 0.00000180. The molecule has 6 nitrogen and oxygen atoms in total. The molecule has 0 radical (unpaired) electrons. The summed E-state index contributed by atoms with van der Waals surface area (Å²) in [5.74, 6) is 0.305. The second-order valence-corrected chi connectivity index (χ2v) is 7.18. The second kappa shape index (κ2) is 6.29. The van der Waals surface area contributed by atoms with Crippen LogP contribution in [0.4, 0.5) is 0 Å². The highest BCUT2D eigenvalue weighted by Gasteiger charge is 2.32. The zero-order chi connectivity index (χ0) is 13.2. The van der Waals surface area contributed by atoms with Gasteiger partial charge in [0.1, 0.15) is 19.4 Å². The molecule has 1 unspecified atom stereocenters. The number of nitrogens with zero attached hydrogens (tertiary/aromatic N) is 3. The lowest BCUT2D eigenvalue weighted by Gasteiger charge is -2.10. The third kappa shape index (κ3) is 3.87. The summed E-state index contributed by atoms with van der Waals surface area (Å²) < 4.78 is 15.6. The first-order chi connectivity index (χ1) is 8.49. The van der Waals surface area contributed by atoms with E-state index >= 15 is 0 Å². The fourth-order valence-corrected chi connectivity index (χ4v) is 4.57. The summed E-state index contributed by atoms with van der Waals surface area (Å²) in [4.78, 5) is 14.4. The molecule has 8 heteroatoms. The van der Waals surface area contributed by atoms with Crippen LogP contribution in [0, 0.1) is 10.1 Å². The van der Waals surface area contributed by atoms with Crippen molar-refractivity contribution in [2.45, 2.75) is 31.9 Å². The summed E-state index contributed by atoms with van der Waals surface area (Å²) in [5.41, 5.74) is 0.873. The van der Waals surface area contributed by atoms with Crippen LogP contribution >= 0.6 is 11.6 Å². The van der Waals surface area contributed by atoms with Gasteiger partial charge in [0.15, 0.2) is 5.03 Å². The van der Waals surface area contributed by atoms with Gasteiger partial charge in [0, 0.05) is 11.9 Å². The van der Waals surface area contributed by atoms with E-state index in [4.69, 9.17) is 11.6 Å². The summed E-state index contributed by atoms with van der Waals surface area (Å²) in [5, 5.41) is 9.72. The molecule has 0 saturated carbocycles. The Morgan fingerprint density at radius 1 is 1.58 bits per heavy atom. The van der Waals surface area contributed by atoms with E-state index in [0.29, 0.717) is 30.2 Å². The van der Waals surface area contributed by atoms with E-state index in [9.17, 15) is 14.3 Å². The van der Waals surface area contributed by atoms with Crippen molar-refractivity contribution in [1.82, 2.24) is 4.98 Å². The first-order valence-corrected chi connectivity index (χ1v) is 7.60. The number of nitro groups is 1. The lowest BCUT2D eigenvalue weighted by atomic mass is 10.1. The summed E-state index contributed by atoms with van der Waals surface area (Å²) in [7, 11) is -2.74. The van der Waals surface area contributed by atoms with E-state index in [1.165, 1.54) is 0 Å². The maximum Gasteiger partial charge on any atom is 0.199 e. The van der Waals surface area contributed by atoms with Gasteiger partial charge < -0.3 is 0 Å². The van der Waals surface area contributed by atoms with E-state index in [-0.39, 0.29) is 12.7 Å². The minimum atomic E-state index is -2.74. The molecule has 0 spiro atoms. The van der Waals surface area contributed by atoms with Crippen molar-refractivity contribution in [2.75, 3.05) is 5.75 Å². The van der Waals surface area contributed by atoms with Crippen LogP contribution in [0.25, 0.3) is 0 Å². The topological polar surface area (TPSA) is 85.5 Å². The van der Waals surface area contributed by atoms with Gasteiger partial charge in [0.05, 0.1) is 5.25 Å². The minimum absolute atomic E-state index is 0. The van der Waals surface area contributed by atoms with Crippen LogP contribution in [-0.2, 0) is 16.1 Å². The molecule has 1 aromatic heterocycles. The summed E-state index contributed by atoms with van der Waals surface area (Å²) in [6.07, 6.45) is 3.49. The van der Waals surface area contributed by atoms with Gasteiger partial charge in [0.25, 0.3) is 0 Å². The van der Waals surface area contributed by atoms with Crippen molar-refractivity contribution in [2.24, 2.45) is 4.47 Å².